The minimum Gasteiger partial charge on any atom is -0.409 e. The number of alkyl halides is 3. The maximum atomic E-state index is 10.4. The van der Waals surface area contributed by atoms with Gasteiger partial charge in [0.2, 0.25) is 0 Å². The van der Waals surface area contributed by atoms with Crippen molar-refractivity contribution in [2.75, 3.05) is 0 Å². The fraction of sp³-hybridized carbons (Fsp3) is 0.500. The van der Waals surface area contributed by atoms with Gasteiger partial charge in [-0.2, -0.15) is 22.0 Å². The molecule has 3 nitrogen and oxygen atoms in total. The van der Waals surface area contributed by atoms with Crippen molar-refractivity contribution in [2.45, 2.75) is 6.18 Å². The first-order chi connectivity index (χ1) is 4.68. The zero-order chi connectivity index (χ0) is 9.65. The molecule has 0 rings (SSSR count). The van der Waals surface area contributed by atoms with Crippen LogP contribution in [0.25, 0.3) is 0 Å². The fourth-order valence-electron chi connectivity index (χ4n) is 0. The van der Waals surface area contributed by atoms with Crippen LogP contribution < -0.4 is 24.0 Å². The number of rotatable bonds is 0. The summed E-state index contributed by atoms with van der Waals surface area (Å²) in [6.45, 7) is 0. The van der Waals surface area contributed by atoms with Crippen molar-refractivity contribution in [3.8, 4) is 0 Å². The van der Waals surface area contributed by atoms with E-state index in [1.54, 1.807) is 0 Å². The van der Waals surface area contributed by atoms with Crippen molar-refractivity contribution in [1.29, 1.82) is 0 Å². The molecular weight excluding hydrogens is 204 g/mol. The Morgan fingerprint density at radius 2 is 1.25 bits per heavy atom. The van der Waals surface area contributed by atoms with Crippen LogP contribution in [0.5, 0.6) is 0 Å². The smallest absolute Gasteiger partial charge is 0.409 e. The van der Waals surface area contributed by atoms with Gasteiger partial charge < -0.3 is 13.6 Å². The van der Waals surface area contributed by atoms with Crippen LogP contribution in [0.1, 0.15) is 0 Å². The van der Waals surface area contributed by atoms with Crippen molar-refractivity contribution >= 4 is 10.9 Å². The third-order valence-electron chi connectivity index (χ3n) is 0.214. The topological polar surface area (TPSA) is 60.2 Å². The maximum Gasteiger partial charge on any atom is 1.00 e. The van der Waals surface area contributed by atoms with Gasteiger partial charge in [0.25, 0.3) is 0 Å². The monoisotopic (exact) mass is 206 g/mol. The molecule has 0 amide bonds. The third-order valence-corrected chi connectivity index (χ3v) is 0.214. The second-order valence-electron chi connectivity index (χ2n) is 1.02. The predicted molar refractivity (Wildman–Crippen MR) is 24.4 cm³/mol. The summed E-state index contributed by atoms with van der Waals surface area (Å²) in [7, 11) is -2.36. The van der Waals surface area contributed by atoms with Gasteiger partial charge in [0, 0.05) is 0 Å². The van der Waals surface area contributed by atoms with Crippen LogP contribution in [0.3, 0.4) is 0 Å². The standard InChI is InChI=1S/C2F5.Li.H2NO2S/c3-1(4)2(5,6)7;;1-4(2)3/h;;(H2,1,2,3)/q;+1;-1. The van der Waals surface area contributed by atoms with Crippen molar-refractivity contribution in [3.05, 3.63) is 6.43 Å². The van der Waals surface area contributed by atoms with Gasteiger partial charge in [-0.3, -0.25) is 0 Å². The molecule has 12 heavy (non-hydrogen) atoms. The van der Waals surface area contributed by atoms with E-state index in [9.17, 15) is 22.0 Å². The van der Waals surface area contributed by atoms with Crippen molar-refractivity contribution < 1.29 is 49.2 Å². The summed E-state index contributed by atoms with van der Waals surface area (Å²) in [5.41, 5.74) is 0. The molecule has 0 unspecified atom stereocenters. The Labute approximate surface area is 78.4 Å². The molecule has 0 aromatic rings. The first-order valence-electron chi connectivity index (χ1n) is 1.76. The van der Waals surface area contributed by atoms with Gasteiger partial charge in [-0.25, -0.2) is 0 Å². The minimum atomic E-state index is -5.42. The molecule has 0 aliphatic rings. The van der Waals surface area contributed by atoms with Gasteiger partial charge >= 0.3 is 31.5 Å². The quantitative estimate of drug-likeness (QED) is 0.287. The van der Waals surface area contributed by atoms with Crippen molar-refractivity contribution in [3.63, 3.8) is 0 Å². The molecular formula is C2H2F5LiNO2S. The average molecular weight is 206 g/mol. The number of hydrogen-bond acceptors (Lipinski definition) is 3. The molecule has 0 spiro atoms. The van der Waals surface area contributed by atoms with Crippen molar-refractivity contribution in [1.82, 2.24) is 0 Å². The Kier molecular flexibility index (Phi) is 11.7. The van der Waals surface area contributed by atoms with E-state index in [1.165, 1.54) is 0 Å². The number of halogens is 5. The molecule has 1 radical (unpaired) electrons. The zero-order valence-electron chi connectivity index (χ0n) is 5.69. The molecule has 0 aliphatic heterocycles. The summed E-state index contributed by atoms with van der Waals surface area (Å²) in [6.07, 6.45) is -8.92. The second kappa shape index (κ2) is 7.79. The zero-order valence-corrected chi connectivity index (χ0v) is 6.51. The summed E-state index contributed by atoms with van der Waals surface area (Å²) in [5, 5.41) is 4.03. The number of hydrogen-bond donors (Lipinski definition) is 1. The summed E-state index contributed by atoms with van der Waals surface area (Å²) in [4.78, 5) is 0. The molecule has 0 aliphatic carbocycles. The molecule has 10 heteroatoms. The molecule has 69 valence electrons. The summed E-state index contributed by atoms with van der Waals surface area (Å²) < 4.78 is 69.4. The molecule has 0 atom stereocenters. The van der Waals surface area contributed by atoms with Gasteiger partial charge in [-0.05, 0) is 10.9 Å². The van der Waals surface area contributed by atoms with Crippen LogP contribution in [0.15, 0.2) is 0 Å². The van der Waals surface area contributed by atoms with E-state index in [1.807, 2.05) is 0 Å². The largest absolute Gasteiger partial charge is 1.00 e. The summed E-state index contributed by atoms with van der Waals surface area (Å²) in [5.74, 6) is 0. The molecule has 0 aromatic carbocycles. The Balaban J connectivity index is -0.000000142. The van der Waals surface area contributed by atoms with Crippen LogP contribution >= 0.6 is 0 Å². The normalized spacial score (nSPS) is 10.3. The molecule has 0 aromatic heterocycles. The maximum absolute atomic E-state index is 10.4. The Morgan fingerprint density at radius 3 is 1.25 bits per heavy atom. The molecule has 0 saturated heterocycles. The molecule has 0 bridgehead atoms. The molecule has 2 N–H and O–H groups in total. The van der Waals surface area contributed by atoms with E-state index < -0.39 is 23.5 Å². The van der Waals surface area contributed by atoms with Crippen LogP contribution in [0, 0.1) is 6.43 Å². The molecule has 0 saturated carbocycles. The van der Waals surface area contributed by atoms with E-state index in [0.717, 1.165) is 0 Å². The van der Waals surface area contributed by atoms with Crippen LogP contribution in [-0.2, 0) is 19.3 Å². The van der Waals surface area contributed by atoms with Crippen LogP contribution in [-0.4, -0.2) is 6.18 Å². The van der Waals surface area contributed by atoms with Gasteiger partial charge in [0.15, 0.2) is 0 Å². The average Bonchev–Trinajstić information content (AvgIpc) is 1.59. The first-order valence-corrected chi connectivity index (χ1v) is 2.90. The predicted octanol–water partition coefficient (Wildman–Crippen LogP) is -1.85. The van der Waals surface area contributed by atoms with Crippen molar-refractivity contribution in [2.24, 2.45) is 5.14 Å². The van der Waals surface area contributed by atoms with E-state index in [0.29, 0.717) is 0 Å². The van der Waals surface area contributed by atoms with E-state index >= 15 is 0 Å². The molecule has 0 heterocycles. The van der Waals surface area contributed by atoms with Gasteiger partial charge in [0.1, 0.15) is 0 Å². The first kappa shape index (κ1) is 18.0. The third kappa shape index (κ3) is 22.5. The van der Waals surface area contributed by atoms with E-state index in [-0.39, 0.29) is 18.9 Å². The fourth-order valence-corrected chi connectivity index (χ4v) is 0. The number of nitrogens with two attached hydrogens (primary N) is 1. The van der Waals surface area contributed by atoms with Gasteiger partial charge in [-0.15, -0.1) is 0 Å². The van der Waals surface area contributed by atoms with Gasteiger partial charge in [0.05, 0.1) is 0 Å². The Bertz CT molecular complexity index is 159. The Hall–Kier alpha value is 0.157. The van der Waals surface area contributed by atoms with Crippen LogP contribution in [0.4, 0.5) is 22.0 Å². The second-order valence-corrected chi connectivity index (χ2v) is 1.54. The van der Waals surface area contributed by atoms with E-state index in [2.05, 4.69) is 5.14 Å². The molecule has 0 fully saturated rings. The van der Waals surface area contributed by atoms with E-state index in [4.69, 9.17) is 8.42 Å². The summed E-state index contributed by atoms with van der Waals surface area (Å²) in [6, 6.07) is 0. The van der Waals surface area contributed by atoms with Crippen LogP contribution in [0.2, 0.25) is 0 Å². The van der Waals surface area contributed by atoms with Gasteiger partial charge in [-0.1, -0.05) is 0 Å². The Morgan fingerprint density at radius 1 is 1.17 bits per heavy atom. The summed E-state index contributed by atoms with van der Waals surface area (Å²) >= 11 is 0. The SMILES string of the molecule is F[C](F)C(F)(F)F.N[S-](=O)=O.[Li+]. The minimum absolute atomic E-state index is 0.